The van der Waals surface area contributed by atoms with Crippen LogP contribution in [0.3, 0.4) is 0 Å². The molecule has 0 spiro atoms. The maximum atomic E-state index is 14.4. The molecule has 21 heavy (non-hydrogen) atoms. The Balaban J connectivity index is 1.94. The zero-order chi connectivity index (χ0) is 14.8. The van der Waals surface area contributed by atoms with E-state index >= 15 is 0 Å². The Morgan fingerprint density at radius 2 is 1.90 bits per heavy atom. The number of anilines is 1. The summed E-state index contributed by atoms with van der Waals surface area (Å²) in [5.74, 6) is -0.146. The molecule has 1 unspecified atom stereocenters. The van der Waals surface area contributed by atoms with Crippen LogP contribution in [0.25, 0.3) is 0 Å². The van der Waals surface area contributed by atoms with Gasteiger partial charge in [-0.15, -0.1) is 0 Å². The van der Waals surface area contributed by atoms with Gasteiger partial charge < -0.3 is 10.6 Å². The first kappa shape index (κ1) is 14.1. The van der Waals surface area contributed by atoms with Gasteiger partial charge in [-0.3, -0.25) is 0 Å². The minimum Gasteiger partial charge on any atom is -0.364 e. The first-order valence-electron chi connectivity index (χ1n) is 7.50. The molecule has 2 aromatic carbocycles. The molecule has 110 valence electrons. The summed E-state index contributed by atoms with van der Waals surface area (Å²) in [7, 11) is 0. The highest BCUT2D eigenvalue weighted by atomic mass is 19.1. The molecule has 0 amide bonds. The third-order valence-electron chi connectivity index (χ3n) is 4.06. The number of hydrogen-bond acceptors (Lipinski definition) is 2. The predicted molar refractivity (Wildman–Crippen MR) is 84.9 cm³/mol. The van der Waals surface area contributed by atoms with Gasteiger partial charge in [0.1, 0.15) is 5.82 Å². The summed E-state index contributed by atoms with van der Waals surface area (Å²) in [6, 6.07) is 13.7. The molecule has 0 fully saturated rings. The highest BCUT2D eigenvalue weighted by Crippen LogP contribution is 2.30. The second-order valence-corrected chi connectivity index (χ2v) is 5.87. The Hall–Kier alpha value is -1.87. The molecule has 1 atom stereocenters. The number of nitrogens with zero attached hydrogens (tertiary/aromatic N) is 1. The lowest BCUT2D eigenvalue weighted by Crippen LogP contribution is -2.32. The lowest BCUT2D eigenvalue weighted by Gasteiger charge is -2.32. The number of fused-ring (bicyclic) bond motifs is 1. The van der Waals surface area contributed by atoms with E-state index < -0.39 is 0 Å². The van der Waals surface area contributed by atoms with E-state index in [2.05, 4.69) is 23.1 Å². The molecular formula is C18H21FN2. The number of nitrogens with two attached hydrogens (primary N) is 1. The molecule has 1 aliphatic rings. The molecular weight excluding hydrogens is 263 g/mol. The van der Waals surface area contributed by atoms with Crippen LogP contribution in [0.15, 0.2) is 42.5 Å². The van der Waals surface area contributed by atoms with Crippen molar-refractivity contribution in [3.63, 3.8) is 0 Å². The van der Waals surface area contributed by atoms with E-state index in [1.54, 1.807) is 12.1 Å². The van der Waals surface area contributed by atoms with Crippen LogP contribution in [0, 0.1) is 5.82 Å². The van der Waals surface area contributed by atoms with Crippen LogP contribution in [0.1, 0.15) is 23.6 Å². The fraction of sp³-hybridized carbons (Fsp3) is 0.333. The SMILES string of the molecule is CC(N)Cc1cccc(F)c1N1CCc2ccccc2C1. The van der Waals surface area contributed by atoms with Crippen molar-refractivity contribution in [2.75, 3.05) is 11.4 Å². The van der Waals surface area contributed by atoms with Crippen molar-refractivity contribution in [2.45, 2.75) is 32.4 Å². The van der Waals surface area contributed by atoms with Gasteiger partial charge in [0.05, 0.1) is 5.69 Å². The number of hydrogen-bond donors (Lipinski definition) is 1. The van der Waals surface area contributed by atoms with Crippen LogP contribution in [0.4, 0.5) is 10.1 Å². The van der Waals surface area contributed by atoms with Gasteiger partial charge in [0.2, 0.25) is 0 Å². The quantitative estimate of drug-likeness (QED) is 0.937. The molecule has 1 heterocycles. The van der Waals surface area contributed by atoms with Gasteiger partial charge in [-0.2, -0.15) is 0 Å². The van der Waals surface area contributed by atoms with Crippen molar-refractivity contribution in [3.05, 3.63) is 65.0 Å². The topological polar surface area (TPSA) is 29.3 Å². The molecule has 2 nitrogen and oxygen atoms in total. The van der Waals surface area contributed by atoms with Crippen molar-refractivity contribution in [2.24, 2.45) is 5.73 Å². The van der Waals surface area contributed by atoms with Gasteiger partial charge >= 0.3 is 0 Å². The van der Waals surface area contributed by atoms with E-state index in [1.807, 2.05) is 19.1 Å². The first-order chi connectivity index (χ1) is 10.1. The summed E-state index contributed by atoms with van der Waals surface area (Å²) in [5, 5.41) is 0. The van der Waals surface area contributed by atoms with Crippen LogP contribution in [0.5, 0.6) is 0 Å². The maximum Gasteiger partial charge on any atom is 0.146 e. The smallest absolute Gasteiger partial charge is 0.146 e. The number of benzene rings is 2. The predicted octanol–water partition coefficient (Wildman–Crippen LogP) is 3.28. The van der Waals surface area contributed by atoms with E-state index in [-0.39, 0.29) is 11.9 Å². The van der Waals surface area contributed by atoms with Crippen LogP contribution in [-0.2, 0) is 19.4 Å². The largest absolute Gasteiger partial charge is 0.364 e. The minimum absolute atomic E-state index is 0.0302. The highest BCUT2D eigenvalue weighted by Gasteiger charge is 2.21. The van der Waals surface area contributed by atoms with Crippen molar-refractivity contribution >= 4 is 5.69 Å². The molecule has 0 saturated carbocycles. The third kappa shape index (κ3) is 2.93. The fourth-order valence-corrected chi connectivity index (χ4v) is 3.11. The summed E-state index contributed by atoms with van der Waals surface area (Å²) < 4.78 is 14.4. The van der Waals surface area contributed by atoms with Gasteiger partial charge in [0, 0.05) is 19.1 Å². The average molecular weight is 284 g/mol. The Labute approximate surface area is 125 Å². The molecule has 2 N–H and O–H groups in total. The molecule has 3 heteroatoms. The standard InChI is InChI=1S/C18H21FN2/c1-13(20)11-15-7-4-8-17(19)18(15)21-10-9-14-5-2-3-6-16(14)12-21/h2-8,13H,9-12,20H2,1H3. The molecule has 0 aromatic heterocycles. The zero-order valence-corrected chi connectivity index (χ0v) is 12.3. The van der Waals surface area contributed by atoms with E-state index in [1.165, 1.54) is 11.1 Å². The molecule has 1 aliphatic heterocycles. The maximum absolute atomic E-state index is 14.4. The Morgan fingerprint density at radius 3 is 2.67 bits per heavy atom. The van der Waals surface area contributed by atoms with Crippen molar-refractivity contribution in [1.82, 2.24) is 0 Å². The van der Waals surface area contributed by atoms with Crippen LogP contribution < -0.4 is 10.6 Å². The summed E-state index contributed by atoms with van der Waals surface area (Å²) in [6.45, 7) is 3.58. The van der Waals surface area contributed by atoms with Crippen molar-refractivity contribution < 1.29 is 4.39 Å². The van der Waals surface area contributed by atoms with Gasteiger partial charge in [0.25, 0.3) is 0 Å². The molecule has 0 aliphatic carbocycles. The molecule has 0 saturated heterocycles. The number of rotatable bonds is 3. The Bertz CT molecular complexity index is 637. The van der Waals surface area contributed by atoms with Gasteiger partial charge in [-0.05, 0) is 42.5 Å². The first-order valence-corrected chi connectivity index (χ1v) is 7.50. The van der Waals surface area contributed by atoms with Crippen molar-refractivity contribution in [1.29, 1.82) is 0 Å². The third-order valence-corrected chi connectivity index (χ3v) is 4.06. The second kappa shape index (κ2) is 5.86. The summed E-state index contributed by atoms with van der Waals surface area (Å²) in [4.78, 5) is 2.15. The van der Waals surface area contributed by atoms with Crippen molar-refractivity contribution in [3.8, 4) is 0 Å². The number of para-hydroxylation sites is 1. The minimum atomic E-state index is -0.146. The normalized spacial score (nSPS) is 15.7. The Kier molecular flexibility index (Phi) is 3.93. The summed E-state index contributed by atoms with van der Waals surface area (Å²) >= 11 is 0. The van der Waals surface area contributed by atoms with Crippen LogP contribution in [-0.4, -0.2) is 12.6 Å². The van der Waals surface area contributed by atoms with Crippen LogP contribution in [0.2, 0.25) is 0 Å². The average Bonchev–Trinajstić information content (AvgIpc) is 2.46. The van der Waals surface area contributed by atoms with E-state index in [4.69, 9.17) is 5.73 Å². The van der Waals surface area contributed by atoms with Gasteiger partial charge in [-0.25, -0.2) is 4.39 Å². The fourth-order valence-electron chi connectivity index (χ4n) is 3.11. The van der Waals surface area contributed by atoms with E-state index in [0.717, 1.165) is 30.8 Å². The lowest BCUT2D eigenvalue weighted by molar-refractivity contribution is 0.604. The van der Waals surface area contributed by atoms with E-state index in [9.17, 15) is 4.39 Å². The van der Waals surface area contributed by atoms with Gasteiger partial charge in [-0.1, -0.05) is 36.4 Å². The summed E-state index contributed by atoms with van der Waals surface area (Å²) in [6.07, 6.45) is 1.66. The molecule has 0 radical (unpaired) electrons. The molecule has 3 rings (SSSR count). The highest BCUT2D eigenvalue weighted by molar-refractivity contribution is 5.57. The van der Waals surface area contributed by atoms with E-state index in [0.29, 0.717) is 6.42 Å². The summed E-state index contributed by atoms with van der Waals surface area (Å²) in [5.41, 5.74) is 10.3. The second-order valence-electron chi connectivity index (χ2n) is 5.87. The number of halogens is 1. The van der Waals surface area contributed by atoms with Gasteiger partial charge in [0.15, 0.2) is 0 Å². The monoisotopic (exact) mass is 284 g/mol. The Morgan fingerprint density at radius 1 is 1.14 bits per heavy atom. The zero-order valence-electron chi connectivity index (χ0n) is 12.3. The van der Waals surface area contributed by atoms with Crippen LogP contribution >= 0.6 is 0 Å². The lowest BCUT2D eigenvalue weighted by atomic mass is 9.97. The molecule has 2 aromatic rings. The molecule has 0 bridgehead atoms.